The zero-order valence-corrected chi connectivity index (χ0v) is 10.1. The Hall–Kier alpha value is 0.230. The number of aliphatic hydroxyl groups is 5. The van der Waals surface area contributed by atoms with Crippen LogP contribution in [0.5, 0.6) is 0 Å². The Morgan fingerprint density at radius 2 is 1.47 bits per heavy atom. The van der Waals surface area contributed by atoms with Crippen molar-refractivity contribution in [2.75, 3.05) is 6.61 Å². The topological polar surface area (TPSA) is 168 Å². The second-order valence-corrected chi connectivity index (χ2v) is 2.51. The molecule has 0 aliphatic carbocycles. The van der Waals surface area contributed by atoms with Crippen LogP contribution in [0.2, 0.25) is 0 Å². The number of aliphatic hydroxyl groups excluding tert-OH is 5. The summed E-state index contributed by atoms with van der Waals surface area (Å²) in [5.74, 6) is -1.73. The van der Waals surface area contributed by atoms with E-state index in [0.717, 1.165) is 0 Å². The number of carboxylic acids is 1. The van der Waals surface area contributed by atoms with E-state index in [9.17, 15) is 4.79 Å². The van der Waals surface area contributed by atoms with Crippen molar-refractivity contribution in [2.24, 2.45) is 0 Å². The molecule has 7 N–H and O–H groups in total. The van der Waals surface area contributed by atoms with E-state index in [0.29, 0.717) is 0 Å². The first-order valence-corrected chi connectivity index (χ1v) is 3.47. The van der Waals surface area contributed by atoms with Crippen LogP contribution in [0.3, 0.4) is 0 Å². The predicted molar refractivity (Wildman–Crippen MR) is 40.7 cm³/mol. The molecule has 0 saturated carbocycles. The molecule has 0 rings (SSSR count). The van der Waals surface area contributed by atoms with Crippen molar-refractivity contribution in [2.45, 2.75) is 24.4 Å². The summed E-state index contributed by atoms with van der Waals surface area (Å²) in [4.78, 5) is 10.1. The summed E-state index contributed by atoms with van der Waals surface area (Å²) in [5, 5.41) is 51.8. The molecule has 0 aliphatic rings. The van der Waals surface area contributed by atoms with Crippen LogP contribution in [-0.2, 0) is 4.79 Å². The van der Waals surface area contributed by atoms with Crippen molar-refractivity contribution in [1.29, 1.82) is 0 Å². The molecule has 0 aliphatic heterocycles. The van der Waals surface area contributed by atoms with E-state index >= 15 is 0 Å². The van der Waals surface area contributed by atoms with Gasteiger partial charge in [-0.3, -0.25) is 0 Å². The zero-order chi connectivity index (χ0) is 10.6. The summed E-state index contributed by atoms with van der Waals surface area (Å²) in [7, 11) is 0. The van der Waals surface area contributed by atoms with Crippen molar-refractivity contribution in [1.82, 2.24) is 0 Å². The van der Waals surface area contributed by atoms with Gasteiger partial charge >= 0.3 is 35.5 Å². The number of aliphatic carboxylic acids is 1. The fourth-order valence-electron chi connectivity index (χ4n) is 0.668. The molecule has 0 amide bonds. The van der Waals surface area contributed by atoms with Crippen LogP contribution in [0.4, 0.5) is 0 Å². The summed E-state index contributed by atoms with van der Waals surface area (Å²) in [6, 6.07) is 0. The minimum Gasteiger partial charge on any atom is -0.870 e. The van der Waals surface area contributed by atoms with Crippen LogP contribution >= 0.6 is 0 Å². The van der Waals surface area contributed by atoms with Gasteiger partial charge in [0.15, 0.2) is 6.10 Å². The molecule has 4 atom stereocenters. The average Bonchev–Trinajstić information content (AvgIpc) is 2.12. The Kier molecular flexibility index (Phi) is 13.0. The molecule has 0 heterocycles. The van der Waals surface area contributed by atoms with Gasteiger partial charge in [-0.2, -0.15) is 0 Å². The molecule has 0 bridgehead atoms. The first-order chi connectivity index (χ1) is 5.91. The molecule has 0 aromatic rings. The zero-order valence-electron chi connectivity index (χ0n) is 8.06. The van der Waals surface area contributed by atoms with Crippen molar-refractivity contribution in [3.8, 4) is 0 Å². The molecule has 15 heavy (non-hydrogen) atoms. The van der Waals surface area contributed by atoms with Gasteiger partial charge in [0.1, 0.15) is 18.3 Å². The standard InChI is InChI=1S/C6H12O7.Na.H2O/c7-1-2(8)3(9)4(10)5(11)6(12)13;;/h2-5,7-11H,1H2,(H,12,13);;1H2/q;+1;/p-1. The SMILES string of the molecule is O=C(O)C(O)C(O)C(O)C(O)CO.[Na+].[OH-]. The molecule has 0 aromatic heterocycles. The molecule has 0 saturated heterocycles. The number of hydrogen-bond acceptors (Lipinski definition) is 7. The average molecular weight is 236 g/mol. The van der Waals surface area contributed by atoms with E-state index in [1.54, 1.807) is 0 Å². The third-order valence-corrected chi connectivity index (χ3v) is 1.51. The van der Waals surface area contributed by atoms with Crippen LogP contribution in [0, 0.1) is 0 Å². The predicted octanol–water partition coefficient (Wildman–Crippen LogP) is -6.67. The van der Waals surface area contributed by atoms with Gasteiger partial charge in [0.25, 0.3) is 0 Å². The molecule has 0 radical (unpaired) electrons. The van der Waals surface area contributed by atoms with Gasteiger partial charge in [-0.15, -0.1) is 0 Å². The minimum atomic E-state index is -2.20. The first kappa shape index (κ1) is 20.6. The fraction of sp³-hybridized carbons (Fsp3) is 0.833. The Labute approximate surface area is 107 Å². The van der Waals surface area contributed by atoms with Crippen molar-refractivity contribution >= 4 is 5.97 Å². The number of hydrogen-bond donors (Lipinski definition) is 6. The van der Waals surface area contributed by atoms with Crippen LogP contribution in [0.25, 0.3) is 0 Å². The van der Waals surface area contributed by atoms with E-state index in [4.69, 9.17) is 30.6 Å². The van der Waals surface area contributed by atoms with Crippen LogP contribution < -0.4 is 29.6 Å². The van der Waals surface area contributed by atoms with Crippen LogP contribution in [-0.4, -0.2) is 73.1 Å². The van der Waals surface area contributed by atoms with E-state index in [-0.39, 0.29) is 35.0 Å². The summed E-state index contributed by atoms with van der Waals surface area (Å²) < 4.78 is 0. The molecule has 4 unspecified atom stereocenters. The van der Waals surface area contributed by atoms with E-state index in [1.165, 1.54) is 0 Å². The second kappa shape index (κ2) is 9.46. The van der Waals surface area contributed by atoms with Crippen LogP contribution in [0.1, 0.15) is 0 Å². The number of carboxylic acid groups (broad SMARTS) is 1. The Morgan fingerprint density at radius 1 is 1.07 bits per heavy atom. The quantitative estimate of drug-likeness (QED) is 0.256. The third-order valence-electron chi connectivity index (χ3n) is 1.51. The Bertz CT molecular complexity index is 177. The molecule has 8 nitrogen and oxygen atoms in total. The van der Waals surface area contributed by atoms with Gasteiger partial charge in [0.2, 0.25) is 0 Å². The molecule has 86 valence electrons. The monoisotopic (exact) mass is 236 g/mol. The van der Waals surface area contributed by atoms with Crippen molar-refractivity contribution in [3.05, 3.63) is 0 Å². The molecule has 9 heteroatoms. The van der Waals surface area contributed by atoms with E-state index < -0.39 is 37.0 Å². The largest absolute Gasteiger partial charge is 1.00 e. The number of carbonyl (C=O) groups is 1. The van der Waals surface area contributed by atoms with Crippen molar-refractivity contribution < 1.29 is 70.5 Å². The number of rotatable bonds is 5. The first-order valence-electron chi connectivity index (χ1n) is 3.47. The van der Waals surface area contributed by atoms with Gasteiger partial charge in [0, 0.05) is 0 Å². The van der Waals surface area contributed by atoms with Gasteiger partial charge in [-0.05, 0) is 0 Å². The summed E-state index contributed by atoms with van der Waals surface area (Å²) in [6.07, 6.45) is -7.84. The Balaban J connectivity index is -0.000000720. The van der Waals surface area contributed by atoms with Gasteiger partial charge in [-0.1, -0.05) is 0 Å². The van der Waals surface area contributed by atoms with Crippen LogP contribution in [0.15, 0.2) is 0 Å². The third kappa shape index (κ3) is 6.40. The molecular weight excluding hydrogens is 223 g/mol. The molecular formula is C6H13NaO8. The normalized spacial score (nSPS) is 17.7. The summed E-state index contributed by atoms with van der Waals surface area (Å²) in [6.45, 7) is -0.843. The Morgan fingerprint density at radius 3 is 1.73 bits per heavy atom. The fourth-order valence-corrected chi connectivity index (χ4v) is 0.668. The minimum absolute atomic E-state index is 0. The van der Waals surface area contributed by atoms with Gasteiger partial charge in [0.05, 0.1) is 6.61 Å². The van der Waals surface area contributed by atoms with Gasteiger partial charge < -0.3 is 36.1 Å². The smallest absolute Gasteiger partial charge is 0.870 e. The van der Waals surface area contributed by atoms with E-state index in [2.05, 4.69) is 0 Å². The second-order valence-electron chi connectivity index (χ2n) is 2.51. The summed E-state index contributed by atoms with van der Waals surface area (Å²) >= 11 is 0. The van der Waals surface area contributed by atoms with Crippen molar-refractivity contribution in [3.63, 3.8) is 0 Å². The maximum absolute atomic E-state index is 10.1. The van der Waals surface area contributed by atoms with Gasteiger partial charge in [-0.25, -0.2) is 4.79 Å². The summed E-state index contributed by atoms with van der Waals surface area (Å²) in [5.41, 5.74) is 0. The van der Waals surface area contributed by atoms with E-state index in [1.807, 2.05) is 0 Å². The maximum atomic E-state index is 10.1. The molecule has 0 fully saturated rings. The molecule has 0 spiro atoms. The molecule has 0 aromatic carbocycles. The maximum Gasteiger partial charge on any atom is 1.00 e.